The number of rotatable bonds is 6. The van der Waals surface area contributed by atoms with Crippen molar-refractivity contribution in [3.8, 4) is 16.8 Å². The van der Waals surface area contributed by atoms with Crippen LogP contribution in [-0.4, -0.2) is 23.8 Å². The summed E-state index contributed by atoms with van der Waals surface area (Å²) in [7, 11) is 0. The smallest absolute Gasteiger partial charge is 0.407 e. The van der Waals surface area contributed by atoms with Crippen molar-refractivity contribution in [3.05, 3.63) is 117 Å². The minimum Gasteiger partial charge on any atom is -0.449 e. The molecule has 4 nitrogen and oxygen atoms in total. The van der Waals surface area contributed by atoms with Gasteiger partial charge in [0.1, 0.15) is 6.61 Å². The number of ether oxygens (including phenoxy) is 1. The first kappa shape index (κ1) is 24.2. The highest BCUT2D eigenvalue weighted by molar-refractivity contribution is 6.43. The molecule has 0 radical (unpaired) electrons. The lowest BCUT2D eigenvalue weighted by Crippen LogP contribution is -2.26. The minimum absolute atomic E-state index is 0.0439. The molecule has 0 fully saturated rings. The number of aromatic nitrogens is 1. The topological polar surface area (TPSA) is 43.3 Å². The third-order valence-electron chi connectivity index (χ3n) is 6.65. The molecule has 0 aliphatic heterocycles. The molecule has 1 heterocycles. The fraction of sp³-hybridized carbons (Fsp3) is 0.167. The van der Waals surface area contributed by atoms with Gasteiger partial charge in [-0.15, -0.1) is 0 Å². The first-order chi connectivity index (χ1) is 17.5. The van der Waals surface area contributed by atoms with Crippen LogP contribution in [0.4, 0.5) is 4.79 Å². The van der Waals surface area contributed by atoms with Gasteiger partial charge in [-0.3, -0.25) is 0 Å². The summed E-state index contributed by atoms with van der Waals surface area (Å²) in [6, 6.07) is 24.3. The number of carbonyl (C=O) groups excluding carboxylic acids is 1. The summed E-state index contributed by atoms with van der Waals surface area (Å²) < 4.78 is 7.68. The Hall–Kier alpha value is -3.47. The predicted octanol–water partition coefficient (Wildman–Crippen LogP) is 7.95. The highest BCUT2D eigenvalue weighted by Crippen LogP contribution is 2.44. The molecule has 0 unspecified atom stereocenters. The summed E-state index contributed by atoms with van der Waals surface area (Å²) in [5.74, 6) is 0.0439. The molecule has 0 saturated carbocycles. The molecule has 0 bridgehead atoms. The van der Waals surface area contributed by atoms with Crippen LogP contribution in [0.25, 0.3) is 22.9 Å². The minimum atomic E-state index is -0.433. The molecular weight excluding hydrogens is 491 g/mol. The van der Waals surface area contributed by atoms with E-state index in [1.807, 2.05) is 62.4 Å². The predicted molar refractivity (Wildman–Crippen MR) is 147 cm³/mol. The van der Waals surface area contributed by atoms with E-state index in [4.69, 9.17) is 27.9 Å². The summed E-state index contributed by atoms with van der Waals surface area (Å²) in [4.78, 5) is 12.4. The molecule has 182 valence electrons. The van der Waals surface area contributed by atoms with Crippen molar-refractivity contribution in [1.82, 2.24) is 9.88 Å². The van der Waals surface area contributed by atoms with Gasteiger partial charge in [-0.1, -0.05) is 90.0 Å². The fourth-order valence-corrected chi connectivity index (χ4v) is 5.35. The molecule has 1 aliphatic rings. The van der Waals surface area contributed by atoms with Crippen molar-refractivity contribution in [2.75, 3.05) is 13.2 Å². The Labute approximate surface area is 221 Å². The van der Waals surface area contributed by atoms with Gasteiger partial charge in [0, 0.05) is 23.9 Å². The normalized spacial score (nSPS) is 12.6. The lowest BCUT2D eigenvalue weighted by molar-refractivity contribution is 0.144. The van der Waals surface area contributed by atoms with E-state index < -0.39 is 6.09 Å². The summed E-state index contributed by atoms with van der Waals surface area (Å²) in [6.07, 6.45) is 3.46. The number of nitrogens with zero attached hydrogens (tertiary/aromatic N) is 1. The van der Waals surface area contributed by atoms with Gasteiger partial charge in [0.2, 0.25) is 0 Å². The summed E-state index contributed by atoms with van der Waals surface area (Å²) >= 11 is 12.7. The zero-order valence-corrected chi connectivity index (χ0v) is 21.6. The second kappa shape index (κ2) is 10.3. The number of fused-ring (bicyclic) bond motifs is 3. The van der Waals surface area contributed by atoms with Gasteiger partial charge in [0.05, 0.1) is 15.7 Å². The van der Waals surface area contributed by atoms with E-state index in [0.717, 1.165) is 22.6 Å². The molecule has 4 aromatic rings. The van der Waals surface area contributed by atoms with Crippen molar-refractivity contribution in [2.24, 2.45) is 0 Å². The maximum absolute atomic E-state index is 12.4. The van der Waals surface area contributed by atoms with E-state index in [1.54, 1.807) is 6.07 Å². The van der Waals surface area contributed by atoms with Crippen LogP contribution in [0.2, 0.25) is 10.0 Å². The average Bonchev–Trinajstić information content (AvgIpc) is 3.35. The first-order valence-electron chi connectivity index (χ1n) is 11.8. The third-order valence-corrected chi connectivity index (χ3v) is 7.46. The molecule has 6 heteroatoms. The van der Waals surface area contributed by atoms with Gasteiger partial charge in [-0.25, -0.2) is 4.79 Å². The molecule has 3 aromatic carbocycles. The van der Waals surface area contributed by atoms with E-state index in [1.165, 1.54) is 22.3 Å². The van der Waals surface area contributed by atoms with E-state index in [9.17, 15) is 4.79 Å². The van der Waals surface area contributed by atoms with Gasteiger partial charge < -0.3 is 14.6 Å². The zero-order chi connectivity index (χ0) is 25.2. The number of halogens is 2. The number of benzene rings is 3. The van der Waals surface area contributed by atoms with Gasteiger partial charge in [-0.05, 0) is 59.9 Å². The number of carbonyl (C=O) groups is 1. The molecular formula is C30H26Cl2N2O2. The Bertz CT molecular complexity index is 1430. The number of hydrogen-bond donors (Lipinski definition) is 1. The molecule has 0 spiro atoms. The molecule has 1 aliphatic carbocycles. The number of alkyl carbamates (subject to hydrolysis) is 1. The Balaban J connectivity index is 1.20. The fourth-order valence-electron chi connectivity index (χ4n) is 4.97. The van der Waals surface area contributed by atoms with Crippen molar-refractivity contribution in [2.45, 2.75) is 19.8 Å². The van der Waals surface area contributed by atoms with E-state index in [2.05, 4.69) is 40.2 Å². The van der Waals surface area contributed by atoms with Crippen molar-refractivity contribution >= 4 is 35.4 Å². The van der Waals surface area contributed by atoms with Crippen LogP contribution in [0.15, 0.2) is 78.9 Å². The van der Waals surface area contributed by atoms with Crippen LogP contribution >= 0.6 is 23.2 Å². The van der Waals surface area contributed by atoms with Crippen molar-refractivity contribution in [1.29, 1.82) is 0 Å². The standard InChI is InChI=1S/C30H26Cl2N2O2/c1-19-17-21(20(2)34(19)28-15-7-14-27(31)29(28)32)9-8-16-33-30(35)36-18-26-24-12-5-3-10-22(24)23-11-4-6-13-25(23)26/h3-15,17,26H,16,18H2,1-2H3,(H,33,35). The molecule has 0 saturated heterocycles. The van der Waals surface area contributed by atoms with Crippen LogP contribution < -0.4 is 5.32 Å². The summed E-state index contributed by atoms with van der Waals surface area (Å²) in [5.41, 5.74) is 8.77. The van der Waals surface area contributed by atoms with Crippen molar-refractivity contribution < 1.29 is 9.53 Å². The van der Waals surface area contributed by atoms with Gasteiger partial charge in [0.15, 0.2) is 0 Å². The van der Waals surface area contributed by atoms with E-state index in [-0.39, 0.29) is 5.92 Å². The quantitative estimate of drug-likeness (QED) is 0.282. The average molecular weight is 517 g/mol. The van der Waals surface area contributed by atoms with Crippen LogP contribution in [-0.2, 0) is 4.74 Å². The maximum atomic E-state index is 12.4. The summed E-state index contributed by atoms with van der Waals surface area (Å²) in [5, 5.41) is 3.86. The van der Waals surface area contributed by atoms with Gasteiger partial charge in [0.25, 0.3) is 0 Å². The second-order valence-corrected chi connectivity index (χ2v) is 9.63. The van der Waals surface area contributed by atoms with Crippen molar-refractivity contribution in [3.63, 3.8) is 0 Å². The Morgan fingerprint density at radius 3 is 2.33 bits per heavy atom. The zero-order valence-electron chi connectivity index (χ0n) is 20.1. The lowest BCUT2D eigenvalue weighted by Gasteiger charge is -2.14. The molecule has 1 N–H and O–H groups in total. The molecule has 1 amide bonds. The number of hydrogen-bond acceptors (Lipinski definition) is 2. The number of nitrogens with one attached hydrogen (secondary N) is 1. The van der Waals surface area contributed by atoms with Crippen LogP contribution in [0.3, 0.4) is 0 Å². The highest BCUT2D eigenvalue weighted by atomic mass is 35.5. The Kier molecular flexibility index (Phi) is 6.90. The monoisotopic (exact) mass is 516 g/mol. The van der Waals surface area contributed by atoms with Gasteiger partial charge >= 0.3 is 6.09 Å². The number of aryl methyl sites for hydroxylation is 1. The second-order valence-electron chi connectivity index (χ2n) is 8.84. The SMILES string of the molecule is Cc1cc(C=CCNC(=O)OCC2c3ccccc3-c3ccccc32)c(C)n1-c1cccc(Cl)c1Cl. The Morgan fingerprint density at radius 1 is 0.972 bits per heavy atom. The third kappa shape index (κ3) is 4.55. The summed E-state index contributed by atoms with van der Waals surface area (Å²) in [6.45, 7) is 4.71. The molecule has 1 aromatic heterocycles. The van der Waals surface area contributed by atoms with Crippen LogP contribution in [0.5, 0.6) is 0 Å². The Morgan fingerprint density at radius 2 is 1.64 bits per heavy atom. The molecule has 5 rings (SSSR count). The van der Waals surface area contributed by atoms with E-state index >= 15 is 0 Å². The number of amides is 1. The maximum Gasteiger partial charge on any atom is 0.407 e. The largest absolute Gasteiger partial charge is 0.449 e. The highest BCUT2D eigenvalue weighted by Gasteiger charge is 2.28. The lowest BCUT2D eigenvalue weighted by atomic mass is 9.98. The first-order valence-corrected chi connectivity index (χ1v) is 12.6. The van der Waals surface area contributed by atoms with Crippen LogP contribution in [0.1, 0.15) is 34.0 Å². The van der Waals surface area contributed by atoms with E-state index in [0.29, 0.717) is 23.2 Å². The van der Waals surface area contributed by atoms with Crippen LogP contribution in [0, 0.1) is 13.8 Å². The van der Waals surface area contributed by atoms with Gasteiger partial charge in [-0.2, -0.15) is 0 Å². The molecule has 36 heavy (non-hydrogen) atoms. The molecule has 0 atom stereocenters.